The maximum atomic E-state index is 5.97. The molecule has 0 bridgehead atoms. The van der Waals surface area contributed by atoms with Gasteiger partial charge in [0.2, 0.25) is 0 Å². The molecular formula is C14H17N3OS. The monoisotopic (exact) mass is 275 g/mol. The summed E-state index contributed by atoms with van der Waals surface area (Å²) in [5, 5.41) is 3.17. The first-order valence-electron chi connectivity index (χ1n) is 6.38. The minimum atomic E-state index is 0.0735. The molecule has 1 aromatic carbocycles. The van der Waals surface area contributed by atoms with E-state index in [-0.39, 0.29) is 12.1 Å². The molecular weight excluding hydrogens is 258 g/mol. The van der Waals surface area contributed by atoms with Crippen molar-refractivity contribution in [2.24, 2.45) is 5.84 Å². The summed E-state index contributed by atoms with van der Waals surface area (Å²) in [6.07, 6.45) is 1.76. The van der Waals surface area contributed by atoms with Crippen LogP contribution in [0.25, 0.3) is 0 Å². The first kappa shape index (κ1) is 12.6. The molecule has 5 heteroatoms. The van der Waals surface area contributed by atoms with Crippen LogP contribution in [0.3, 0.4) is 0 Å². The van der Waals surface area contributed by atoms with Crippen molar-refractivity contribution in [3.8, 4) is 5.75 Å². The highest BCUT2D eigenvalue weighted by atomic mass is 32.1. The van der Waals surface area contributed by atoms with Crippen molar-refractivity contribution in [2.75, 3.05) is 0 Å². The van der Waals surface area contributed by atoms with Crippen LogP contribution in [0.4, 0.5) is 0 Å². The van der Waals surface area contributed by atoms with Gasteiger partial charge in [-0.1, -0.05) is 18.2 Å². The number of ether oxygens (including phenoxy) is 1. The number of hydrazine groups is 1. The number of hydrogen-bond donors (Lipinski definition) is 2. The third kappa shape index (κ3) is 2.63. The zero-order valence-electron chi connectivity index (χ0n) is 10.8. The fourth-order valence-electron chi connectivity index (χ4n) is 2.46. The summed E-state index contributed by atoms with van der Waals surface area (Å²) >= 11 is 1.67. The molecule has 2 unspecified atom stereocenters. The van der Waals surface area contributed by atoms with E-state index in [1.54, 1.807) is 11.3 Å². The van der Waals surface area contributed by atoms with Gasteiger partial charge in [0, 0.05) is 18.2 Å². The molecule has 0 aliphatic carbocycles. The largest absolute Gasteiger partial charge is 0.488 e. The lowest BCUT2D eigenvalue weighted by atomic mass is 10.0. The van der Waals surface area contributed by atoms with Gasteiger partial charge in [-0.15, -0.1) is 11.3 Å². The SMILES string of the molecule is Cc1nc(CC(NN)C2Cc3ccccc3O2)cs1. The highest BCUT2D eigenvalue weighted by Gasteiger charge is 2.30. The quantitative estimate of drug-likeness (QED) is 0.660. The van der Waals surface area contributed by atoms with Gasteiger partial charge < -0.3 is 4.74 Å². The van der Waals surface area contributed by atoms with Gasteiger partial charge in [-0.05, 0) is 18.6 Å². The molecule has 19 heavy (non-hydrogen) atoms. The standard InChI is InChI=1S/C14H17N3OS/c1-9-16-11(8-19-9)7-12(17-15)14-6-10-4-2-3-5-13(10)18-14/h2-5,8,12,14,17H,6-7,15H2,1H3. The van der Waals surface area contributed by atoms with Crippen LogP contribution in [0.15, 0.2) is 29.6 Å². The minimum Gasteiger partial charge on any atom is -0.488 e. The van der Waals surface area contributed by atoms with Crippen LogP contribution in [-0.2, 0) is 12.8 Å². The van der Waals surface area contributed by atoms with Crippen molar-refractivity contribution < 1.29 is 4.74 Å². The van der Waals surface area contributed by atoms with Crippen LogP contribution in [0, 0.1) is 6.92 Å². The van der Waals surface area contributed by atoms with Gasteiger partial charge >= 0.3 is 0 Å². The van der Waals surface area contributed by atoms with Crippen LogP contribution >= 0.6 is 11.3 Å². The molecule has 2 atom stereocenters. The Hall–Kier alpha value is -1.43. The Morgan fingerprint density at radius 1 is 1.53 bits per heavy atom. The molecule has 1 aliphatic rings. The second-order valence-electron chi connectivity index (χ2n) is 4.80. The molecule has 0 amide bonds. The molecule has 2 aromatic rings. The highest BCUT2D eigenvalue weighted by Crippen LogP contribution is 2.30. The van der Waals surface area contributed by atoms with Crippen LogP contribution in [0.1, 0.15) is 16.3 Å². The molecule has 1 aliphatic heterocycles. The third-order valence-corrected chi connectivity index (χ3v) is 4.25. The van der Waals surface area contributed by atoms with E-state index < -0.39 is 0 Å². The van der Waals surface area contributed by atoms with Gasteiger partial charge in [-0.25, -0.2) is 4.98 Å². The van der Waals surface area contributed by atoms with Crippen LogP contribution < -0.4 is 16.0 Å². The Bertz CT molecular complexity index is 544. The van der Waals surface area contributed by atoms with Crippen LogP contribution in [0.5, 0.6) is 5.75 Å². The van der Waals surface area contributed by atoms with Gasteiger partial charge in [-0.2, -0.15) is 0 Å². The summed E-state index contributed by atoms with van der Waals surface area (Å²) in [6.45, 7) is 2.01. The van der Waals surface area contributed by atoms with Crippen molar-refractivity contribution in [1.29, 1.82) is 0 Å². The molecule has 3 rings (SSSR count). The average molecular weight is 275 g/mol. The summed E-state index contributed by atoms with van der Waals surface area (Å²) in [5.41, 5.74) is 5.20. The molecule has 100 valence electrons. The lowest BCUT2D eigenvalue weighted by Gasteiger charge is -2.21. The van der Waals surface area contributed by atoms with Gasteiger partial charge in [0.1, 0.15) is 11.9 Å². The number of para-hydroxylation sites is 1. The fraction of sp³-hybridized carbons (Fsp3) is 0.357. The Balaban J connectivity index is 1.71. The molecule has 2 heterocycles. The molecule has 0 saturated heterocycles. The normalized spacial score (nSPS) is 18.9. The molecule has 1 aromatic heterocycles. The number of nitrogens with one attached hydrogen (secondary N) is 1. The third-order valence-electron chi connectivity index (χ3n) is 3.43. The Labute approximate surface area is 116 Å². The summed E-state index contributed by atoms with van der Waals surface area (Å²) < 4.78 is 5.97. The van der Waals surface area contributed by atoms with E-state index >= 15 is 0 Å². The lowest BCUT2D eigenvalue weighted by molar-refractivity contribution is 0.177. The van der Waals surface area contributed by atoms with Gasteiger partial charge in [0.05, 0.1) is 16.7 Å². The number of nitrogens with two attached hydrogens (primary N) is 1. The predicted molar refractivity (Wildman–Crippen MR) is 76.2 cm³/mol. The maximum Gasteiger partial charge on any atom is 0.123 e. The summed E-state index contributed by atoms with van der Waals surface area (Å²) in [5.74, 6) is 6.66. The predicted octanol–water partition coefficient (Wildman–Crippen LogP) is 1.83. The minimum absolute atomic E-state index is 0.0735. The van der Waals surface area contributed by atoms with Gasteiger partial charge in [-0.3, -0.25) is 11.3 Å². The lowest BCUT2D eigenvalue weighted by Crippen LogP contribution is -2.47. The number of fused-ring (bicyclic) bond motifs is 1. The van der Waals surface area contributed by atoms with E-state index in [1.165, 1.54) is 5.56 Å². The summed E-state index contributed by atoms with van der Waals surface area (Å²) in [4.78, 5) is 4.49. The topological polar surface area (TPSA) is 60.2 Å². The molecule has 3 N–H and O–H groups in total. The van der Waals surface area contributed by atoms with E-state index in [4.69, 9.17) is 10.6 Å². The highest BCUT2D eigenvalue weighted by molar-refractivity contribution is 7.09. The number of aryl methyl sites for hydroxylation is 1. The fourth-order valence-corrected chi connectivity index (χ4v) is 3.08. The van der Waals surface area contributed by atoms with Crippen LogP contribution in [0.2, 0.25) is 0 Å². The molecule has 4 nitrogen and oxygen atoms in total. The van der Waals surface area contributed by atoms with Crippen molar-refractivity contribution in [3.63, 3.8) is 0 Å². The van der Waals surface area contributed by atoms with Crippen molar-refractivity contribution >= 4 is 11.3 Å². The van der Waals surface area contributed by atoms with Gasteiger partial charge in [0.25, 0.3) is 0 Å². The summed E-state index contributed by atoms with van der Waals surface area (Å²) in [7, 11) is 0. The zero-order chi connectivity index (χ0) is 13.2. The molecule has 0 spiro atoms. The maximum absolute atomic E-state index is 5.97. The zero-order valence-corrected chi connectivity index (χ0v) is 11.6. The van der Waals surface area contributed by atoms with E-state index in [0.717, 1.165) is 29.3 Å². The Kier molecular flexibility index (Phi) is 3.50. The number of thiazole rings is 1. The van der Waals surface area contributed by atoms with Crippen LogP contribution in [-0.4, -0.2) is 17.1 Å². The van der Waals surface area contributed by atoms with E-state index in [2.05, 4.69) is 21.9 Å². The van der Waals surface area contributed by atoms with E-state index in [1.807, 2.05) is 25.1 Å². The first-order valence-corrected chi connectivity index (χ1v) is 7.26. The average Bonchev–Trinajstić information content (AvgIpc) is 3.01. The van der Waals surface area contributed by atoms with Crippen molar-refractivity contribution in [2.45, 2.75) is 31.9 Å². The number of rotatable bonds is 4. The van der Waals surface area contributed by atoms with Crippen molar-refractivity contribution in [3.05, 3.63) is 45.9 Å². The van der Waals surface area contributed by atoms with E-state index in [0.29, 0.717) is 0 Å². The molecule has 0 fully saturated rings. The molecule has 0 radical (unpaired) electrons. The molecule has 0 saturated carbocycles. The number of aromatic nitrogens is 1. The second kappa shape index (κ2) is 5.28. The number of benzene rings is 1. The van der Waals surface area contributed by atoms with Gasteiger partial charge in [0.15, 0.2) is 0 Å². The number of nitrogens with zero attached hydrogens (tertiary/aromatic N) is 1. The second-order valence-corrected chi connectivity index (χ2v) is 5.87. The van der Waals surface area contributed by atoms with Crippen molar-refractivity contribution in [1.82, 2.24) is 10.4 Å². The Morgan fingerprint density at radius 2 is 2.37 bits per heavy atom. The van der Waals surface area contributed by atoms with E-state index in [9.17, 15) is 0 Å². The number of hydrogen-bond acceptors (Lipinski definition) is 5. The first-order chi connectivity index (χ1) is 9.26. The summed E-state index contributed by atoms with van der Waals surface area (Å²) in [6, 6.07) is 8.23. The smallest absolute Gasteiger partial charge is 0.123 e. The Morgan fingerprint density at radius 3 is 3.05 bits per heavy atom.